The van der Waals surface area contributed by atoms with E-state index in [1.807, 2.05) is 24.3 Å². The highest BCUT2D eigenvalue weighted by atomic mass is 35.5. The lowest BCUT2D eigenvalue weighted by atomic mass is 10.3. The van der Waals surface area contributed by atoms with E-state index in [1.54, 1.807) is 0 Å². The van der Waals surface area contributed by atoms with Gasteiger partial charge in [-0.3, -0.25) is 4.90 Å². The quantitative estimate of drug-likeness (QED) is 0.839. The van der Waals surface area contributed by atoms with Crippen LogP contribution in [0.5, 0.6) is 11.5 Å². The van der Waals surface area contributed by atoms with E-state index in [2.05, 4.69) is 11.8 Å². The Hall–Kier alpha value is -0.970. The van der Waals surface area contributed by atoms with Crippen molar-refractivity contribution < 1.29 is 9.47 Å². The van der Waals surface area contributed by atoms with E-state index < -0.39 is 0 Å². The first kappa shape index (κ1) is 17.1. The molecule has 0 aromatic heterocycles. The van der Waals surface area contributed by atoms with Gasteiger partial charge in [0.05, 0.1) is 6.61 Å². The van der Waals surface area contributed by atoms with Crippen LogP contribution in [0.25, 0.3) is 0 Å². The molecule has 20 heavy (non-hydrogen) atoms. The first-order valence-electron chi connectivity index (χ1n) is 7.11. The Morgan fingerprint density at radius 3 is 2.25 bits per heavy atom. The summed E-state index contributed by atoms with van der Waals surface area (Å²) in [6, 6.07) is 8.17. The van der Waals surface area contributed by atoms with Crippen molar-refractivity contribution in [1.82, 2.24) is 4.90 Å². The largest absolute Gasteiger partial charge is 0.494 e. The summed E-state index contributed by atoms with van der Waals surface area (Å²) >= 11 is 0. The van der Waals surface area contributed by atoms with E-state index in [0.717, 1.165) is 50.6 Å². The first-order valence-corrected chi connectivity index (χ1v) is 7.11. The fraction of sp³-hybridized carbons (Fsp3) is 0.600. The summed E-state index contributed by atoms with van der Waals surface area (Å²) in [5.74, 6) is 1.80. The van der Waals surface area contributed by atoms with Crippen LogP contribution in [0, 0.1) is 0 Å². The molecule has 1 saturated heterocycles. The fourth-order valence-corrected chi connectivity index (χ4v) is 2.21. The normalized spacial score (nSPS) is 18.6. The summed E-state index contributed by atoms with van der Waals surface area (Å²) < 4.78 is 11.3. The molecule has 114 valence electrons. The SMILES string of the molecule is CCCOc1ccc(OCCN2CCC(N)C2)cc1.Cl. The Morgan fingerprint density at radius 2 is 1.75 bits per heavy atom. The predicted octanol–water partition coefficient (Wildman–Crippen LogP) is 2.31. The number of likely N-dealkylation sites (tertiary alicyclic amines) is 1. The Balaban J connectivity index is 0.00000200. The average molecular weight is 301 g/mol. The molecule has 1 unspecified atom stereocenters. The Morgan fingerprint density at radius 1 is 1.15 bits per heavy atom. The summed E-state index contributed by atoms with van der Waals surface area (Å²) in [5.41, 5.74) is 5.87. The molecule has 4 nitrogen and oxygen atoms in total. The molecule has 0 spiro atoms. The first-order chi connectivity index (χ1) is 9.28. The summed E-state index contributed by atoms with van der Waals surface area (Å²) in [6.07, 6.45) is 2.12. The number of rotatable bonds is 7. The van der Waals surface area contributed by atoms with Gasteiger partial charge in [0.25, 0.3) is 0 Å². The highest BCUT2D eigenvalue weighted by molar-refractivity contribution is 5.85. The van der Waals surface area contributed by atoms with Gasteiger partial charge in [-0.15, -0.1) is 12.4 Å². The smallest absolute Gasteiger partial charge is 0.119 e. The topological polar surface area (TPSA) is 47.7 Å². The van der Waals surface area contributed by atoms with E-state index in [1.165, 1.54) is 0 Å². The van der Waals surface area contributed by atoms with Gasteiger partial charge >= 0.3 is 0 Å². The van der Waals surface area contributed by atoms with Gasteiger partial charge in [0.15, 0.2) is 0 Å². The van der Waals surface area contributed by atoms with E-state index >= 15 is 0 Å². The number of nitrogens with zero attached hydrogens (tertiary/aromatic N) is 1. The number of hydrogen-bond donors (Lipinski definition) is 1. The monoisotopic (exact) mass is 300 g/mol. The number of nitrogens with two attached hydrogens (primary N) is 1. The third kappa shape index (κ3) is 5.57. The van der Waals surface area contributed by atoms with Gasteiger partial charge in [-0.05, 0) is 43.7 Å². The van der Waals surface area contributed by atoms with Crippen LogP contribution in [0.2, 0.25) is 0 Å². The molecule has 0 saturated carbocycles. The van der Waals surface area contributed by atoms with Gasteiger partial charge in [-0.2, -0.15) is 0 Å². The molecule has 1 atom stereocenters. The standard InChI is InChI=1S/C15H24N2O2.ClH/c1-2-10-18-14-3-5-15(6-4-14)19-11-9-17-8-7-13(16)12-17;/h3-6,13H,2,7-12,16H2,1H3;1H. The second-order valence-corrected chi connectivity index (χ2v) is 5.02. The van der Waals surface area contributed by atoms with Crippen LogP contribution in [0.15, 0.2) is 24.3 Å². The Bertz CT molecular complexity index is 373. The summed E-state index contributed by atoms with van der Waals surface area (Å²) in [7, 11) is 0. The fourth-order valence-electron chi connectivity index (χ4n) is 2.21. The van der Waals surface area contributed by atoms with Crippen molar-refractivity contribution in [2.24, 2.45) is 5.73 Å². The van der Waals surface area contributed by atoms with Crippen LogP contribution in [-0.4, -0.2) is 43.8 Å². The molecule has 1 aromatic rings. The van der Waals surface area contributed by atoms with Crippen LogP contribution in [0.3, 0.4) is 0 Å². The maximum absolute atomic E-state index is 5.87. The van der Waals surface area contributed by atoms with Crippen LogP contribution in [-0.2, 0) is 0 Å². The minimum atomic E-state index is 0. The molecule has 1 aromatic carbocycles. The van der Waals surface area contributed by atoms with Crippen molar-refractivity contribution in [3.63, 3.8) is 0 Å². The highest BCUT2D eigenvalue weighted by Gasteiger charge is 2.18. The number of ether oxygens (including phenoxy) is 2. The third-order valence-corrected chi connectivity index (χ3v) is 3.28. The second-order valence-electron chi connectivity index (χ2n) is 5.02. The highest BCUT2D eigenvalue weighted by Crippen LogP contribution is 2.17. The van der Waals surface area contributed by atoms with Gasteiger partial charge in [-0.25, -0.2) is 0 Å². The molecule has 5 heteroatoms. The van der Waals surface area contributed by atoms with Crippen LogP contribution >= 0.6 is 12.4 Å². The van der Waals surface area contributed by atoms with Crippen molar-refractivity contribution >= 4 is 12.4 Å². The van der Waals surface area contributed by atoms with Crippen LogP contribution in [0.4, 0.5) is 0 Å². The molecular weight excluding hydrogens is 276 g/mol. The average Bonchev–Trinajstić information content (AvgIpc) is 2.84. The molecule has 0 radical (unpaired) electrons. The molecule has 1 heterocycles. The molecule has 1 aliphatic rings. The molecule has 2 N–H and O–H groups in total. The predicted molar refractivity (Wildman–Crippen MR) is 84.0 cm³/mol. The lowest BCUT2D eigenvalue weighted by Gasteiger charge is -2.15. The van der Waals surface area contributed by atoms with Gasteiger partial charge in [0.1, 0.15) is 18.1 Å². The Kier molecular flexibility index (Phi) is 7.73. The zero-order valence-corrected chi connectivity index (χ0v) is 12.9. The van der Waals surface area contributed by atoms with Gasteiger partial charge in [0, 0.05) is 19.1 Å². The lowest BCUT2D eigenvalue weighted by Crippen LogP contribution is -2.29. The molecular formula is C15H25ClN2O2. The minimum absolute atomic E-state index is 0. The zero-order valence-electron chi connectivity index (χ0n) is 12.1. The van der Waals surface area contributed by atoms with E-state index in [4.69, 9.17) is 15.2 Å². The molecule has 0 aliphatic carbocycles. The number of hydrogen-bond acceptors (Lipinski definition) is 4. The van der Waals surface area contributed by atoms with Crippen molar-refractivity contribution in [2.45, 2.75) is 25.8 Å². The van der Waals surface area contributed by atoms with Gasteiger partial charge < -0.3 is 15.2 Å². The summed E-state index contributed by atoms with van der Waals surface area (Å²) in [6.45, 7) is 6.60. The molecule has 0 bridgehead atoms. The molecule has 1 fully saturated rings. The van der Waals surface area contributed by atoms with Crippen molar-refractivity contribution in [3.05, 3.63) is 24.3 Å². The lowest BCUT2D eigenvalue weighted by molar-refractivity contribution is 0.236. The van der Waals surface area contributed by atoms with E-state index in [0.29, 0.717) is 12.6 Å². The van der Waals surface area contributed by atoms with Crippen molar-refractivity contribution in [3.8, 4) is 11.5 Å². The van der Waals surface area contributed by atoms with E-state index in [-0.39, 0.29) is 12.4 Å². The van der Waals surface area contributed by atoms with Crippen LogP contribution in [0.1, 0.15) is 19.8 Å². The third-order valence-electron chi connectivity index (χ3n) is 3.28. The maximum atomic E-state index is 5.87. The van der Waals surface area contributed by atoms with E-state index in [9.17, 15) is 0 Å². The van der Waals surface area contributed by atoms with Crippen molar-refractivity contribution in [2.75, 3.05) is 32.8 Å². The van der Waals surface area contributed by atoms with Gasteiger partial charge in [0.2, 0.25) is 0 Å². The number of benzene rings is 1. The second kappa shape index (κ2) is 9.06. The molecule has 0 amide bonds. The maximum Gasteiger partial charge on any atom is 0.119 e. The minimum Gasteiger partial charge on any atom is -0.494 e. The zero-order chi connectivity index (χ0) is 13.5. The Labute approximate surface area is 127 Å². The molecule has 1 aliphatic heterocycles. The van der Waals surface area contributed by atoms with Gasteiger partial charge in [-0.1, -0.05) is 6.92 Å². The van der Waals surface area contributed by atoms with Crippen LogP contribution < -0.4 is 15.2 Å². The summed E-state index contributed by atoms with van der Waals surface area (Å²) in [4.78, 5) is 2.35. The summed E-state index contributed by atoms with van der Waals surface area (Å²) in [5, 5.41) is 0. The van der Waals surface area contributed by atoms with Crippen molar-refractivity contribution in [1.29, 1.82) is 0 Å². The molecule has 2 rings (SSSR count). The number of halogens is 1.